The fourth-order valence-corrected chi connectivity index (χ4v) is 2.88. The van der Waals surface area contributed by atoms with Gasteiger partial charge in [-0.1, -0.05) is 70.9 Å². The molecule has 0 aromatic carbocycles. The Morgan fingerprint density at radius 1 is 1.00 bits per heavy atom. The molecule has 0 saturated carbocycles. The molecule has 1 unspecified atom stereocenters. The zero-order chi connectivity index (χ0) is 17.9. The van der Waals surface area contributed by atoms with Crippen molar-refractivity contribution in [2.75, 3.05) is 11.5 Å². The predicted molar refractivity (Wildman–Crippen MR) is 108 cm³/mol. The van der Waals surface area contributed by atoms with Crippen LogP contribution in [0.3, 0.4) is 0 Å². The molecular formula is C21H36O2S. The molecular weight excluding hydrogens is 316 g/mol. The molecule has 24 heavy (non-hydrogen) atoms. The summed E-state index contributed by atoms with van der Waals surface area (Å²) in [6.45, 7) is 3.98. The van der Waals surface area contributed by atoms with Gasteiger partial charge in [0.1, 0.15) is 0 Å². The minimum Gasteiger partial charge on any atom is -0.481 e. The number of hydrogen-bond acceptors (Lipinski definition) is 2. The monoisotopic (exact) mass is 352 g/mol. The maximum Gasteiger partial charge on any atom is 0.306 e. The van der Waals surface area contributed by atoms with Gasteiger partial charge in [-0.3, -0.25) is 4.79 Å². The lowest BCUT2D eigenvalue weighted by Gasteiger charge is -1.99. The number of allylic oxidation sites excluding steroid dienone is 1. The van der Waals surface area contributed by atoms with Gasteiger partial charge in [-0.15, -0.1) is 5.73 Å². The summed E-state index contributed by atoms with van der Waals surface area (Å²) in [5.74, 6) is 0.905. The molecule has 0 aromatic heterocycles. The maximum atomic E-state index is 10.6. The second-order valence-electron chi connectivity index (χ2n) is 6.32. The summed E-state index contributed by atoms with van der Waals surface area (Å²) in [6.07, 6.45) is 21.2. The Labute approximate surface area is 153 Å². The van der Waals surface area contributed by atoms with Crippen molar-refractivity contribution in [2.24, 2.45) is 5.92 Å². The summed E-state index contributed by atoms with van der Waals surface area (Å²) < 4.78 is 0. The van der Waals surface area contributed by atoms with Crippen LogP contribution in [0.5, 0.6) is 0 Å². The molecule has 0 fully saturated rings. The summed E-state index contributed by atoms with van der Waals surface area (Å²) in [5, 5.41) is 8.75. The van der Waals surface area contributed by atoms with Gasteiger partial charge >= 0.3 is 5.97 Å². The van der Waals surface area contributed by atoms with Crippen LogP contribution in [0.25, 0.3) is 0 Å². The van der Waals surface area contributed by atoms with Gasteiger partial charge in [-0.25, -0.2) is 0 Å². The molecule has 0 aliphatic rings. The van der Waals surface area contributed by atoms with Gasteiger partial charge in [0.25, 0.3) is 0 Å². The molecule has 0 aliphatic carbocycles. The highest BCUT2D eigenvalue weighted by molar-refractivity contribution is 7.99. The van der Waals surface area contributed by atoms with E-state index in [1.54, 1.807) is 6.92 Å². The minimum atomic E-state index is -0.746. The third-order valence-corrected chi connectivity index (χ3v) is 4.77. The van der Waals surface area contributed by atoms with Crippen molar-refractivity contribution in [2.45, 2.75) is 78.1 Å². The van der Waals surface area contributed by atoms with Crippen molar-refractivity contribution >= 4 is 17.7 Å². The largest absolute Gasteiger partial charge is 0.481 e. The molecule has 1 N–H and O–H groups in total. The van der Waals surface area contributed by atoms with E-state index in [4.69, 9.17) is 5.11 Å². The fraction of sp³-hybridized carbons (Fsp3) is 0.714. The zero-order valence-electron chi connectivity index (χ0n) is 15.6. The van der Waals surface area contributed by atoms with Gasteiger partial charge in [-0.05, 0) is 31.4 Å². The first-order valence-electron chi connectivity index (χ1n) is 9.53. The first kappa shape index (κ1) is 23.1. The topological polar surface area (TPSA) is 37.3 Å². The van der Waals surface area contributed by atoms with E-state index in [1.165, 1.54) is 57.8 Å². The number of carboxylic acids is 1. The highest BCUT2D eigenvalue weighted by Gasteiger charge is 2.06. The molecule has 0 rings (SSSR count). The molecule has 138 valence electrons. The lowest BCUT2D eigenvalue weighted by atomic mass is 10.1. The first-order valence-corrected chi connectivity index (χ1v) is 10.7. The third-order valence-electron chi connectivity index (χ3n) is 3.93. The smallest absolute Gasteiger partial charge is 0.306 e. The van der Waals surface area contributed by atoms with Crippen molar-refractivity contribution in [1.29, 1.82) is 0 Å². The molecule has 0 aliphatic heterocycles. The lowest BCUT2D eigenvalue weighted by molar-refractivity contribution is -0.140. The SMILES string of the molecule is CCCCCCCCCC/C=C\CSCC=C=CCC(C)C(=O)O. The van der Waals surface area contributed by atoms with Gasteiger partial charge in [-0.2, -0.15) is 11.8 Å². The second-order valence-corrected chi connectivity index (χ2v) is 7.40. The molecule has 0 saturated heterocycles. The van der Waals surface area contributed by atoms with E-state index in [-0.39, 0.29) is 5.92 Å². The van der Waals surface area contributed by atoms with Crippen LogP contribution in [0, 0.1) is 5.92 Å². The first-order chi connectivity index (χ1) is 11.7. The van der Waals surface area contributed by atoms with E-state index < -0.39 is 5.97 Å². The summed E-state index contributed by atoms with van der Waals surface area (Å²) >= 11 is 1.86. The number of thioether (sulfide) groups is 1. The van der Waals surface area contributed by atoms with Crippen molar-refractivity contribution in [3.05, 3.63) is 30.0 Å². The maximum absolute atomic E-state index is 10.6. The Hall–Kier alpha value is -0.920. The number of carbonyl (C=O) groups is 1. The van der Waals surface area contributed by atoms with Crippen LogP contribution in [-0.2, 0) is 4.79 Å². The summed E-state index contributed by atoms with van der Waals surface area (Å²) in [6, 6.07) is 0. The molecule has 0 radical (unpaired) electrons. The highest BCUT2D eigenvalue weighted by Crippen LogP contribution is 2.10. The summed E-state index contributed by atoms with van der Waals surface area (Å²) in [4.78, 5) is 10.6. The van der Waals surface area contributed by atoms with Gasteiger partial charge in [0.2, 0.25) is 0 Å². The van der Waals surface area contributed by atoms with Crippen LogP contribution in [-0.4, -0.2) is 22.6 Å². The quantitative estimate of drug-likeness (QED) is 0.192. The van der Waals surface area contributed by atoms with E-state index >= 15 is 0 Å². The number of hydrogen-bond donors (Lipinski definition) is 1. The van der Waals surface area contributed by atoms with Crippen LogP contribution < -0.4 is 0 Å². The number of aliphatic carboxylic acids is 1. The lowest BCUT2D eigenvalue weighted by Crippen LogP contribution is -2.07. The Bertz CT molecular complexity index is 381. The number of carboxylic acid groups (broad SMARTS) is 1. The summed E-state index contributed by atoms with van der Waals surface area (Å²) in [7, 11) is 0. The summed E-state index contributed by atoms with van der Waals surface area (Å²) in [5.41, 5.74) is 3.06. The highest BCUT2D eigenvalue weighted by atomic mass is 32.2. The average molecular weight is 353 g/mol. The van der Waals surface area contributed by atoms with Gasteiger partial charge in [0.15, 0.2) is 0 Å². The van der Waals surface area contributed by atoms with Crippen LogP contribution in [0.1, 0.15) is 78.1 Å². The van der Waals surface area contributed by atoms with Crippen LogP contribution in [0.15, 0.2) is 30.0 Å². The molecule has 0 spiro atoms. The Balaban J connectivity index is 3.35. The van der Waals surface area contributed by atoms with Crippen LogP contribution in [0.2, 0.25) is 0 Å². The Kier molecular flexibility index (Phi) is 17.7. The minimum absolute atomic E-state index is 0.321. The van der Waals surface area contributed by atoms with E-state index in [0.29, 0.717) is 6.42 Å². The van der Waals surface area contributed by atoms with Gasteiger partial charge < -0.3 is 5.11 Å². The molecule has 0 amide bonds. The molecule has 3 heteroatoms. The van der Waals surface area contributed by atoms with Gasteiger partial charge in [0, 0.05) is 11.5 Å². The van der Waals surface area contributed by atoms with Crippen LogP contribution >= 0.6 is 11.8 Å². The molecule has 2 nitrogen and oxygen atoms in total. The van der Waals surface area contributed by atoms with Crippen molar-refractivity contribution < 1.29 is 9.90 Å². The number of unbranched alkanes of at least 4 members (excludes halogenated alkanes) is 8. The third kappa shape index (κ3) is 17.4. The Morgan fingerprint density at radius 3 is 2.33 bits per heavy atom. The molecule has 0 aromatic rings. The van der Waals surface area contributed by atoms with Crippen LogP contribution in [0.4, 0.5) is 0 Å². The van der Waals surface area contributed by atoms with E-state index in [9.17, 15) is 4.79 Å². The van der Waals surface area contributed by atoms with Crippen molar-refractivity contribution in [1.82, 2.24) is 0 Å². The van der Waals surface area contributed by atoms with E-state index in [1.807, 2.05) is 23.9 Å². The van der Waals surface area contributed by atoms with Crippen molar-refractivity contribution in [3.8, 4) is 0 Å². The Morgan fingerprint density at radius 2 is 1.67 bits per heavy atom. The van der Waals surface area contributed by atoms with E-state index in [0.717, 1.165) is 11.5 Å². The normalized spacial score (nSPS) is 12.1. The van der Waals surface area contributed by atoms with Crippen molar-refractivity contribution in [3.63, 3.8) is 0 Å². The predicted octanol–water partition coefficient (Wildman–Crippen LogP) is 6.63. The number of rotatable bonds is 16. The zero-order valence-corrected chi connectivity index (χ0v) is 16.5. The molecule has 1 atom stereocenters. The average Bonchev–Trinajstić information content (AvgIpc) is 2.57. The standard InChI is InChI=1S/C21H36O2S/c1-3-4-5-6-7-8-9-10-11-12-15-18-24-19-16-13-14-17-20(2)21(22)23/h12,14-16,20H,3-11,17-19H2,1-2H3,(H,22,23)/b15-12-. The molecule has 0 heterocycles. The fourth-order valence-electron chi connectivity index (χ4n) is 2.25. The van der Waals surface area contributed by atoms with E-state index in [2.05, 4.69) is 24.8 Å². The van der Waals surface area contributed by atoms with Gasteiger partial charge in [0.05, 0.1) is 5.92 Å². The molecule has 0 bridgehead atoms. The second kappa shape index (κ2) is 18.4.